The number of anilines is 1. The molecule has 0 spiro atoms. The molecule has 2 aromatic carbocycles. The van der Waals surface area contributed by atoms with Crippen molar-refractivity contribution < 1.29 is 9.53 Å². The maximum Gasteiger partial charge on any atom is 0.264 e. The summed E-state index contributed by atoms with van der Waals surface area (Å²) in [5.74, 6) is 1.04. The minimum Gasteiger partial charge on any atom is -0.488 e. The van der Waals surface area contributed by atoms with E-state index >= 15 is 0 Å². The molecule has 2 aliphatic heterocycles. The van der Waals surface area contributed by atoms with E-state index in [9.17, 15) is 4.79 Å². The Bertz CT molecular complexity index is 1070. The van der Waals surface area contributed by atoms with Crippen molar-refractivity contribution in [2.75, 3.05) is 24.5 Å². The first kappa shape index (κ1) is 18.3. The number of hydrogen-bond acceptors (Lipinski definition) is 4. The van der Waals surface area contributed by atoms with Crippen LogP contribution in [0.5, 0.6) is 5.75 Å². The molecule has 1 unspecified atom stereocenters. The highest BCUT2D eigenvalue weighted by Crippen LogP contribution is 2.42. The molecule has 29 heavy (non-hydrogen) atoms. The molecule has 0 saturated carbocycles. The molecule has 3 aromatic rings. The zero-order chi connectivity index (χ0) is 20.0. The average Bonchev–Trinajstić information content (AvgIpc) is 3.18. The lowest BCUT2D eigenvalue weighted by Gasteiger charge is -2.41. The number of hydrogen-bond donors (Lipinski definition) is 0. The number of fused-ring (bicyclic) bond motifs is 3. The molecule has 5 heteroatoms. The summed E-state index contributed by atoms with van der Waals surface area (Å²) in [6, 6.07) is 19.0. The minimum absolute atomic E-state index is 0.137. The van der Waals surface area contributed by atoms with Crippen LogP contribution in [0.25, 0.3) is 10.4 Å². The first-order valence-electron chi connectivity index (χ1n) is 10.1. The zero-order valence-corrected chi connectivity index (χ0v) is 17.5. The lowest BCUT2D eigenvalue weighted by molar-refractivity contribution is 0.0731. The van der Waals surface area contributed by atoms with Crippen molar-refractivity contribution in [2.45, 2.75) is 26.5 Å². The molecule has 2 aliphatic rings. The van der Waals surface area contributed by atoms with E-state index < -0.39 is 0 Å². The number of carbonyl (C=O) groups is 1. The molecular formula is C24H24N2O2S. The highest BCUT2D eigenvalue weighted by atomic mass is 32.1. The van der Waals surface area contributed by atoms with Gasteiger partial charge in [-0.05, 0) is 49.7 Å². The summed E-state index contributed by atoms with van der Waals surface area (Å²) in [4.78, 5) is 19.6. The van der Waals surface area contributed by atoms with Gasteiger partial charge in [0.1, 0.15) is 12.4 Å². The van der Waals surface area contributed by atoms with Crippen molar-refractivity contribution in [1.29, 1.82) is 0 Å². The molecule has 3 heterocycles. The fourth-order valence-electron chi connectivity index (χ4n) is 4.29. The van der Waals surface area contributed by atoms with Crippen LogP contribution in [0.15, 0.2) is 54.6 Å². The molecule has 1 amide bonds. The van der Waals surface area contributed by atoms with Crippen LogP contribution < -0.4 is 9.64 Å². The number of aryl methyl sites for hydroxylation is 1. The Balaban J connectivity index is 1.35. The fraction of sp³-hybridized carbons (Fsp3) is 0.292. The molecule has 0 aliphatic carbocycles. The van der Waals surface area contributed by atoms with Crippen LogP contribution in [0.4, 0.5) is 5.69 Å². The third-order valence-electron chi connectivity index (χ3n) is 5.78. The lowest BCUT2D eigenvalue weighted by Crippen LogP contribution is -2.53. The second-order valence-corrected chi connectivity index (χ2v) is 8.93. The number of rotatable bonds is 2. The zero-order valence-electron chi connectivity index (χ0n) is 16.7. The Kier molecular flexibility index (Phi) is 4.55. The molecular weight excluding hydrogens is 380 g/mol. The molecule has 4 nitrogen and oxygen atoms in total. The average molecular weight is 405 g/mol. The van der Waals surface area contributed by atoms with Gasteiger partial charge in [0.2, 0.25) is 0 Å². The second kappa shape index (κ2) is 7.23. The Labute approximate surface area is 175 Å². The van der Waals surface area contributed by atoms with Gasteiger partial charge in [-0.15, -0.1) is 11.3 Å². The van der Waals surface area contributed by atoms with Crippen LogP contribution in [0.1, 0.15) is 27.7 Å². The SMILES string of the molecule is Cc1cccc(N2CCN(C(=O)c3cc4c(s3)-c3ccccc3OC4)CC2C)c1. The predicted octanol–water partition coefficient (Wildman–Crippen LogP) is 4.97. The van der Waals surface area contributed by atoms with Gasteiger partial charge in [0.25, 0.3) is 5.91 Å². The van der Waals surface area contributed by atoms with Gasteiger partial charge >= 0.3 is 0 Å². The molecule has 0 bridgehead atoms. The maximum absolute atomic E-state index is 13.2. The molecule has 0 N–H and O–H groups in total. The number of nitrogens with zero attached hydrogens (tertiary/aromatic N) is 2. The Morgan fingerprint density at radius 3 is 2.79 bits per heavy atom. The number of carbonyl (C=O) groups excluding carboxylic acids is 1. The third-order valence-corrected chi connectivity index (χ3v) is 6.98. The smallest absolute Gasteiger partial charge is 0.264 e. The monoisotopic (exact) mass is 404 g/mol. The van der Waals surface area contributed by atoms with Gasteiger partial charge in [-0.3, -0.25) is 4.79 Å². The highest BCUT2D eigenvalue weighted by molar-refractivity contribution is 7.17. The van der Waals surface area contributed by atoms with Crippen molar-refractivity contribution in [2.24, 2.45) is 0 Å². The normalized spacial score (nSPS) is 18.1. The number of para-hydroxylation sites is 1. The standard InChI is InChI=1S/C24H24N2O2S/c1-16-6-5-7-19(12-16)26-11-10-25(14-17(26)2)24(27)22-13-18-15-28-21-9-4-3-8-20(21)23(18)29-22/h3-9,12-13,17H,10-11,14-15H2,1-2H3. The summed E-state index contributed by atoms with van der Waals surface area (Å²) in [5, 5.41) is 0. The van der Waals surface area contributed by atoms with E-state index in [1.165, 1.54) is 16.1 Å². The Morgan fingerprint density at radius 1 is 1.10 bits per heavy atom. The van der Waals surface area contributed by atoms with E-state index in [0.717, 1.165) is 41.4 Å². The predicted molar refractivity (Wildman–Crippen MR) is 118 cm³/mol. The van der Waals surface area contributed by atoms with Crippen LogP contribution in [0.3, 0.4) is 0 Å². The fourth-order valence-corrected chi connectivity index (χ4v) is 5.46. The van der Waals surface area contributed by atoms with Crippen molar-refractivity contribution in [1.82, 2.24) is 4.90 Å². The van der Waals surface area contributed by atoms with E-state index in [2.05, 4.69) is 49.1 Å². The van der Waals surface area contributed by atoms with Crippen LogP contribution in [-0.2, 0) is 6.61 Å². The van der Waals surface area contributed by atoms with Crippen LogP contribution in [0, 0.1) is 6.92 Å². The minimum atomic E-state index is 0.137. The lowest BCUT2D eigenvalue weighted by atomic mass is 10.1. The van der Waals surface area contributed by atoms with Crippen molar-refractivity contribution in [3.05, 3.63) is 70.6 Å². The summed E-state index contributed by atoms with van der Waals surface area (Å²) in [5.41, 5.74) is 4.71. The summed E-state index contributed by atoms with van der Waals surface area (Å²) in [7, 11) is 0. The molecule has 0 radical (unpaired) electrons. The van der Waals surface area contributed by atoms with Gasteiger partial charge in [-0.2, -0.15) is 0 Å². The second-order valence-electron chi connectivity index (χ2n) is 7.88. The van der Waals surface area contributed by atoms with Crippen molar-refractivity contribution in [3.63, 3.8) is 0 Å². The van der Waals surface area contributed by atoms with Gasteiger partial charge in [-0.1, -0.05) is 24.3 Å². The van der Waals surface area contributed by atoms with E-state index in [4.69, 9.17) is 4.74 Å². The Morgan fingerprint density at radius 2 is 1.97 bits per heavy atom. The molecule has 5 rings (SSSR count). The number of ether oxygens (including phenoxy) is 1. The first-order chi connectivity index (χ1) is 14.1. The topological polar surface area (TPSA) is 32.8 Å². The highest BCUT2D eigenvalue weighted by Gasteiger charge is 2.30. The van der Waals surface area contributed by atoms with Crippen molar-refractivity contribution in [3.8, 4) is 16.2 Å². The largest absolute Gasteiger partial charge is 0.488 e. The summed E-state index contributed by atoms with van der Waals surface area (Å²) >= 11 is 1.60. The molecule has 1 fully saturated rings. The quantitative estimate of drug-likeness (QED) is 0.605. The summed E-state index contributed by atoms with van der Waals surface area (Å²) in [6.45, 7) is 7.19. The maximum atomic E-state index is 13.2. The summed E-state index contributed by atoms with van der Waals surface area (Å²) in [6.07, 6.45) is 0. The number of amides is 1. The van der Waals surface area contributed by atoms with Crippen molar-refractivity contribution >= 4 is 22.9 Å². The van der Waals surface area contributed by atoms with E-state index in [1.807, 2.05) is 29.2 Å². The van der Waals surface area contributed by atoms with Gasteiger partial charge in [0.15, 0.2) is 0 Å². The van der Waals surface area contributed by atoms with Gasteiger partial charge in [0, 0.05) is 47.4 Å². The van der Waals surface area contributed by atoms with Crippen LogP contribution >= 0.6 is 11.3 Å². The van der Waals surface area contributed by atoms with E-state index in [1.54, 1.807) is 11.3 Å². The molecule has 148 valence electrons. The van der Waals surface area contributed by atoms with Crippen LogP contribution in [0.2, 0.25) is 0 Å². The van der Waals surface area contributed by atoms with E-state index in [0.29, 0.717) is 6.61 Å². The number of benzene rings is 2. The van der Waals surface area contributed by atoms with Gasteiger partial charge in [-0.25, -0.2) is 0 Å². The third kappa shape index (κ3) is 3.29. The summed E-state index contributed by atoms with van der Waals surface area (Å²) < 4.78 is 5.85. The van der Waals surface area contributed by atoms with E-state index in [-0.39, 0.29) is 11.9 Å². The first-order valence-corrected chi connectivity index (χ1v) is 10.9. The number of thiophene rings is 1. The molecule has 1 atom stereocenters. The number of piperazine rings is 1. The van der Waals surface area contributed by atoms with Crippen LogP contribution in [-0.4, -0.2) is 36.5 Å². The van der Waals surface area contributed by atoms with Gasteiger partial charge < -0.3 is 14.5 Å². The molecule has 1 aromatic heterocycles. The van der Waals surface area contributed by atoms with Gasteiger partial charge in [0.05, 0.1) is 4.88 Å². The molecule has 1 saturated heterocycles. The Hall–Kier alpha value is -2.79.